The average molecular weight is 537 g/mol. The van der Waals surface area contributed by atoms with Crippen molar-refractivity contribution in [3.8, 4) is 0 Å². The van der Waals surface area contributed by atoms with Crippen LogP contribution in [0.25, 0.3) is 0 Å². The van der Waals surface area contributed by atoms with Gasteiger partial charge in [0.05, 0.1) is 0 Å². The van der Waals surface area contributed by atoms with Gasteiger partial charge in [0.15, 0.2) is 5.96 Å². The van der Waals surface area contributed by atoms with E-state index < -0.39 is 0 Å². The predicted molar refractivity (Wildman–Crippen MR) is 132 cm³/mol. The second-order valence-corrected chi connectivity index (χ2v) is 7.71. The third kappa shape index (κ3) is 9.41. The molecular weight excluding hydrogens is 504 g/mol. The Hall–Kier alpha value is -1.23. The first-order valence-electron chi connectivity index (χ1n) is 9.86. The number of carbonyl (C=O) groups excluding carboxylic acids is 1. The van der Waals surface area contributed by atoms with E-state index >= 15 is 0 Å². The van der Waals surface area contributed by atoms with Crippen LogP contribution in [-0.4, -0.2) is 75.1 Å². The van der Waals surface area contributed by atoms with Crippen LogP contribution in [0.5, 0.6) is 0 Å². The molecule has 0 aliphatic carbocycles. The van der Waals surface area contributed by atoms with Gasteiger partial charge in [0.1, 0.15) is 5.82 Å². The third-order valence-corrected chi connectivity index (χ3v) is 5.44. The second kappa shape index (κ2) is 14.7. The maximum absolute atomic E-state index is 13.0. The number of benzene rings is 1. The monoisotopic (exact) mass is 537 g/mol. The van der Waals surface area contributed by atoms with Crippen LogP contribution >= 0.6 is 35.7 Å². The van der Waals surface area contributed by atoms with Crippen molar-refractivity contribution < 1.29 is 9.18 Å². The Bertz CT molecular complexity index is 624. The average Bonchev–Trinajstić information content (AvgIpc) is 2.73. The Balaban J connectivity index is 0.00000420. The number of anilines is 1. The highest BCUT2D eigenvalue weighted by Crippen LogP contribution is 2.17. The quantitative estimate of drug-likeness (QED) is 0.220. The van der Waals surface area contributed by atoms with E-state index in [4.69, 9.17) is 0 Å². The van der Waals surface area contributed by atoms with Crippen LogP contribution in [0.2, 0.25) is 0 Å². The topological polar surface area (TPSA) is 60.0 Å². The molecule has 1 aliphatic rings. The van der Waals surface area contributed by atoms with E-state index in [-0.39, 0.29) is 35.7 Å². The summed E-state index contributed by atoms with van der Waals surface area (Å²) in [5.74, 6) is 1.85. The molecule has 1 aromatic carbocycles. The number of aliphatic imine (C=N–C) groups is 1. The Labute approximate surface area is 195 Å². The van der Waals surface area contributed by atoms with Gasteiger partial charge in [0.25, 0.3) is 0 Å². The highest BCUT2D eigenvalue weighted by atomic mass is 127. The number of guanidine groups is 1. The largest absolute Gasteiger partial charge is 0.368 e. The first-order valence-corrected chi connectivity index (χ1v) is 11.2. The third-order valence-electron chi connectivity index (χ3n) is 4.75. The summed E-state index contributed by atoms with van der Waals surface area (Å²) in [6, 6.07) is 6.53. The summed E-state index contributed by atoms with van der Waals surface area (Å²) < 4.78 is 13.0. The summed E-state index contributed by atoms with van der Waals surface area (Å²) in [6.07, 6.45) is 4.86. The summed E-state index contributed by atoms with van der Waals surface area (Å²) in [5, 5.41) is 6.49. The van der Waals surface area contributed by atoms with Gasteiger partial charge in [-0.1, -0.05) is 0 Å². The molecule has 29 heavy (non-hydrogen) atoms. The fourth-order valence-corrected chi connectivity index (χ4v) is 3.60. The van der Waals surface area contributed by atoms with Crippen LogP contribution < -0.4 is 15.5 Å². The van der Waals surface area contributed by atoms with Crippen LogP contribution in [0, 0.1) is 5.82 Å². The first-order chi connectivity index (χ1) is 13.6. The lowest BCUT2D eigenvalue weighted by Gasteiger charge is -2.36. The smallest absolute Gasteiger partial charge is 0.224 e. The molecule has 0 spiro atoms. The maximum Gasteiger partial charge on any atom is 0.224 e. The SMILES string of the molecule is CN=C(NCCCCSC)NCCC(=O)N1CCN(c2ccc(F)cc2)CC1.I. The molecule has 1 saturated heterocycles. The minimum absolute atomic E-state index is 0. The van der Waals surface area contributed by atoms with Crippen LogP contribution in [0.4, 0.5) is 10.1 Å². The van der Waals surface area contributed by atoms with Crippen molar-refractivity contribution >= 4 is 53.3 Å². The first kappa shape index (κ1) is 25.8. The molecule has 2 N–H and O–H groups in total. The molecule has 0 saturated carbocycles. The minimum atomic E-state index is -0.227. The van der Waals surface area contributed by atoms with Crippen molar-refractivity contribution in [1.82, 2.24) is 15.5 Å². The van der Waals surface area contributed by atoms with Crippen LogP contribution in [-0.2, 0) is 4.79 Å². The summed E-state index contributed by atoms with van der Waals surface area (Å²) >= 11 is 1.86. The minimum Gasteiger partial charge on any atom is -0.368 e. The number of rotatable bonds is 9. The predicted octanol–water partition coefficient (Wildman–Crippen LogP) is 2.79. The number of amides is 1. The highest BCUT2D eigenvalue weighted by Gasteiger charge is 2.21. The van der Waals surface area contributed by atoms with Crippen LogP contribution in [0.15, 0.2) is 29.3 Å². The summed E-state index contributed by atoms with van der Waals surface area (Å²) in [4.78, 5) is 20.7. The zero-order valence-corrected chi connectivity index (χ0v) is 20.5. The molecule has 164 valence electrons. The second-order valence-electron chi connectivity index (χ2n) is 6.72. The van der Waals surface area contributed by atoms with Gasteiger partial charge in [0, 0.05) is 58.4 Å². The van der Waals surface area contributed by atoms with Crippen molar-refractivity contribution in [2.24, 2.45) is 4.99 Å². The van der Waals surface area contributed by atoms with Gasteiger partial charge in [-0.15, -0.1) is 24.0 Å². The number of hydrogen-bond acceptors (Lipinski definition) is 4. The van der Waals surface area contributed by atoms with Crippen molar-refractivity contribution in [2.45, 2.75) is 19.3 Å². The van der Waals surface area contributed by atoms with Crippen LogP contribution in [0.3, 0.4) is 0 Å². The Morgan fingerprint density at radius 3 is 2.38 bits per heavy atom. The molecule has 1 fully saturated rings. The molecule has 0 radical (unpaired) electrons. The van der Waals surface area contributed by atoms with E-state index in [1.165, 1.54) is 24.3 Å². The molecule has 2 rings (SSSR count). The Morgan fingerprint density at radius 2 is 1.76 bits per heavy atom. The summed E-state index contributed by atoms with van der Waals surface area (Å²) in [7, 11) is 1.74. The zero-order chi connectivity index (χ0) is 20.2. The molecular formula is C20H33FIN5OS. The van der Waals surface area contributed by atoms with Gasteiger partial charge in [-0.05, 0) is 49.1 Å². The number of nitrogens with zero attached hydrogens (tertiary/aromatic N) is 3. The number of thioether (sulfide) groups is 1. The number of halogens is 2. The van der Waals surface area contributed by atoms with Crippen molar-refractivity contribution in [3.05, 3.63) is 30.1 Å². The van der Waals surface area contributed by atoms with Crippen molar-refractivity contribution in [1.29, 1.82) is 0 Å². The van der Waals surface area contributed by atoms with Crippen molar-refractivity contribution in [3.63, 3.8) is 0 Å². The number of unbranched alkanes of at least 4 members (excludes halogenated alkanes) is 1. The van der Waals surface area contributed by atoms with E-state index in [1.54, 1.807) is 19.2 Å². The highest BCUT2D eigenvalue weighted by molar-refractivity contribution is 14.0. The zero-order valence-electron chi connectivity index (χ0n) is 17.3. The van der Waals surface area contributed by atoms with Gasteiger partial charge >= 0.3 is 0 Å². The molecule has 1 amide bonds. The number of nitrogens with one attached hydrogen (secondary N) is 2. The number of piperazine rings is 1. The standard InChI is InChI=1S/C20H32FN5OS.HI/c1-22-20(23-10-3-4-16-28-2)24-11-9-19(27)26-14-12-25(13-15-26)18-7-5-17(21)6-8-18;/h5-8H,3-4,9-16H2,1-2H3,(H2,22,23,24);1H. The molecule has 0 aromatic heterocycles. The lowest BCUT2D eigenvalue weighted by atomic mass is 10.2. The molecule has 6 nitrogen and oxygen atoms in total. The van der Waals surface area contributed by atoms with Gasteiger partial charge in [-0.3, -0.25) is 9.79 Å². The molecule has 9 heteroatoms. The van der Waals surface area contributed by atoms with Gasteiger partial charge in [0.2, 0.25) is 5.91 Å². The van der Waals surface area contributed by atoms with Gasteiger partial charge in [-0.25, -0.2) is 4.39 Å². The Kier molecular flexibility index (Phi) is 13.1. The molecule has 1 aliphatic heterocycles. The van der Waals surface area contributed by atoms with E-state index in [9.17, 15) is 9.18 Å². The fraction of sp³-hybridized carbons (Fsp3) is 0.600. The lowest BCUT2D eigenvalue weighted by molar-refractivity contribution is -0.131. The normalized spacial score (nSPS) is 14.4. The summed E-state index contributed by atoms with van der Waals surface area (Å²) in [6.45, 7) is 4.38. The lowest BCUT2D eigenvalue weighted by Crippen LogP contribution is -2.49. The summed E-state index contributed by atoms with van der Waals surface area (Å²) in [5.41, 5.74) is 1.00. The number of carbonyl (C=O) groups is 1. The van der Waals surface area contributed by atoms with Gasteiger partial charge < -0.3 is 20.4 Å². The molecule has 1 heterocycles. The van der Waals surface area contributed by atoms with E-state index in [2.05, 4.69) is 26.8 Å². The fourth-order valence-electron chi connectivity index (χ4n) is 3.11. The number of hydrogen-bond donors (Lipinski definition) is 2. The molecule has 0 bridgehead atoms. The molecule has 0 atom stereocenters. The van der Waals surface area contributed by atoms with Crippen LogP contribution in [0.1, 0.15) is 19.3 Å². The van der Waals surface area contributed by atoms with E-state index in [0.717, 1.165) is 37.7 Å². The van der Waals surface area contributed by atoms with E-state index in [0.29, 0.717) is 26.1 Å². The van der Waals surface area contributed by atoms with Crippen molar-refractivity contribution in [2.75, 3.05) is 63.2 Å². The molecule has 0 unspecified atom stereocenters. The van der Waals surface area contributed by atoms with E-state index in [1.807, 2.05) is 16.7 Å². The molecule has 1 aromatic rings. The van der Waals surface area contributed by atoms with Gasteiger partial charge in [-0.2, -0.15) is 11.8 Å². The maximum atomic E-state index is 13.0. The Morgan fingerprint density at radius 1 is 1.10 bits per heavy atom.